The van der Waals surface area contributed by atoms with Gasteiger partial charge in [-0.05, 0) is 32.9 Å². The first-order valence-electron chi connectivity index (χ1n) is 6.25. The second-order valence-corrected chi connectivity index (χ2v) is 4.85. The van der Waals surface area contributed by atoms with Crippen LogP contribution in [0.5, 0.6) is 0 Å². The smallest absolute Gasteiger partial charge is 0.226 e. The van der Waals surface area contributed by atoms with Crippen LogP contribution >= 0.6 is 0 Å². The lowest BCUT2D eigenvalue weighted by molar-refractivity contribution is -0.137. The molecule has 0 aromatic carbocycles. The van der Waals surface area contributed by atoms with E-state index < -0.39 is 0 Å². The molecule has 0 aromatic heterocycles. The third kappa shape index (κ3) is 3.19. The van der Waals surface area contributed by atoms with Crippen LogP contribution in [0.1, 0.15) is 26.2 Å². The van der Waals surface area contributed by atoms with Gasteiger partial charge in [-0.3, -0.25) is 4.79 Å². The SMILES string of the molecule is CCC(CN)C(=O)N(C)C1CCCN(C)C1. The van der Waals surface area contributed by atoms with Gasteiger partial charge in [-0.15, -0.1) is 0 Å². The van der Waals surface area contributed by atoms with E-state index in [1.165, 1.54) is 6.42 Å². The van der Waals surface area contributed by atoms with Gasteiger partial charge in [0, 0.05) is 26.2 Å². The Kier molecular flexibility index (Phi) is 5.22. The Bertz CT molecular complexity index is 228. The van der Waals surface area contributed by atoms with E-state index in [2.05, 4.69) is 11.9 Å². The molecule has 94 valence electrons. The molecule has 1 amide bonds. The van der Waals surface area contributed by atoms with Crippen molar-refractivity contribution in [2.45, 2.75) is 32.2 Å². The van der Waals surface area contributed by atoms with E-state index >= 15 is 0 Å². The number of rotatable bonds is 4. The molecule has 0 spiro atoms. The van der Waals surface area contributed by atoms with E-state index in [4.69, 9.17) is 5.73 Å². The van der Waals surface area contributed by atoms with Gasteiger partial charge in [0.1, 0.15) is 0 Å². The molecule has 1 heterocycles. The number of hydrogen-bond acceptors (Lipinski definition) is 3. The minimum absolute atomic E-state index is 0.00256. The second kappa shape index (κ2) is 6.21. The van der Waals surface area contributed by atoms with Crippen molar-refractivity contribution in [3.05, 3.63) is 0 Å². The van der Waals surface area contributed by atoms with Crippen LogP contribution in [-0.4, -0.2) is 55.5 Å². The molecule has 1 saturated heterocycles. The number of amides is 1. The quantitative estimate of drug-likeness (QED) is 0.762. The molecular weight excluding hydrogens is 202 g/mol. The zero-order valence-electron chi connectivity index (χ0n) is 10.8. The molecule has 0 bridgehead atoms. The van der Waals surface area contributed by atoms with Gasteiger partial charge in [-0.2, -0.15) is 0 Å². The maximum atomic E-state index is 12.1. The van der Waals surface area contributed by atoms with E-state index in [0.29, 0.717) is 12.6 Å². The lowest BCUT2D eigenvalue weighted by Gasteiger charge is -2.37. The number of nitrogens with two attached hydrogens (primary N) is 1. The van der Waals surface area contributed by atoms with Gasteiger partial charge >= 0.3 is 0 Å². The fourth-order valence-electron chi connectivity index (χ4n) is 2.37. The molecule has 2 atom stereocenters. The third-order valence-corrected chi connectivity index (χ3v) is 3.62. The van der Waals surface area contributed by atoms with E-state index in [1.54, 1.807) is 0 Å². The first-order chi connectivity index (χ1) is 7.60. The standard InChI is InChI=1S/C12H25N3O/c1-4-10(8-13)12(16)15(3)11-6-5-7-14(2)9-11/h10-11H,4-9,13H2,1-3H3. The topological polar surface area (TPSA) is 49.6 Å². The Balaban J connectivity index is 2.55. The number of carbonyl (C=O) groups is 1. The predicted molar refractivity (Wildman–Crippen MR) is 66.1 cm³/mol. The van der Waals surface area contributed by atoms with Crippen molar-refractivity contribution in [2.75, 3.05) is 33.7 Å². The highest BCUT2D eigenvalue weighted by molar-refractivity contribution is 5.79. The molecule has 4 nitrogen and oxygen atoms in total. The van der Waals surface area contributed by atoms with Crippen molar-refractivity contribution in [1.82, 2.24) is 9.80 Å². The van der Waals surface area contributed by atoms with Crippen molar-refractivity contribution < 1.29 is 4.79 Å². The highest BCUT2D eigenvalue weighted by Gasteiger charge is 2.27. The Hall–Kier alpha value is -0.610. The number of carbonyl (C=O) groups excluding carboxylic acids is 1. The summed E-state index contributed by atoms with van der Waals surface area (Å²) in [7, 11) is 4.04. The molecule has 1 aliphatic heterocycles. The average molecular weight is 227 g/mol. The van der Waals surface area contributed by atoms with Gasteiger partial charge in [0.2, 0.25) is 5.91 Å². The number of nitrogens with zero attached hydrogens (tertiary/aromatic N) is 2. The van der Waals surface area contributed by atoms with E-state index in [1.807, 2.05) is 18.9 Å². The summed E-state index contributed by atoms with van der Waals surface area (Å²) < 4.78 is 0. The van der Waals surface area contributed by atoms with Crippen LogP contribution in [-0.2, 0) is 4.79 Å². The zero-order valence-corrected chi connectivity index (χ0v) is 10.8. The molecule has 0 saturated carbocycles. The van der Waals surface area contributed by atoms with Gasteiger partial charge < -0.3 is 15.5 Å². The van der Waals surface area contributed by atoms with Gasteiger partial charge in [0.25, 0.3) is 0 Å². The summed E-state index contributed by atoms with van der Waals surface area (Å²) in [5.41, 5.74) is 5.62. The largest absolute Gasteiger partial charge is 0.341 e. The highest BCUT2D eigenvalue weighted by Crippen LogP contribution is 2.16. The van der Waals surface area contributed by atoms with Crippen LogP contribution in [0.3, 0.4) is 0 Å². The first-order valence-corrected chi connectivity index (χ1v) is 6.25. The molecule has 0 radical (unpaired) electrons. The van der Waals surface area contributed by atoms with Crippen molar-refractivity contribution >= 4 is 5.91 Å². The summed E-state index contributed by atoms with van der Waals surface area (Å²) in [6, 6.07) is 0.367. The van der Waals surface area contributed by atoms with Crippen LogP contribution in [0.15, 0.2) is 0 Å². The van der Waals surface area contributed by atoms with Crippen molar-refractivity contribution in [3.8, 4) is 0 Å². The van der Waals surface area contributed by atoms with E-state index in [-0.39, 0.29) is 11.8 Å². The lowest BCUT2D eigenvalue weighted by Crippen LogP contribution is -2.49. The normalized spacial score (nSPS) is 24.1. The monoisotopic (exact) mass is 227 g/mol. The molecule has 16 heavy (non-hydrogen) atoms. The van der Waals surface area contributed by atoms with Crippen molar-refractivity contribution in [1.29, 1.82) is 0 Å². The fourth-order valence-corrected chi connectivity index (χ4v) is 2.37. The third-order valence-electron chi connectivity index (χ3n) is 3.62. The summed E-state index contributed by atoms with van der Waals surface area (Å²) in [6.07, 6.45) is 3.13. The Morgan fingerprint density at radius 3 is 2.81 bits per heavy atom. The predicted octanol–water partition coefficient (Wildman–Crippen LogP) is 0.524. The fraction of sp³-hybridized carbons (Fsp3) is 0.917. The summed E-state index contributed by atoms with van der Waals surface area (Å²) in [5.74, 6) is 0.211. The Labute approximate surface area is 98.8 Å². The molecule has 1 rings (SSSR count). The molecule has 1 aliphatic rings. The maximum Gasteiger partial charge on any atom is 0.226 e. The summed E-state index contributed by atoms with van der Waals surface area (Å²) >= 11 is 0. The average Bonchev–Trinajstić information content (AvgIpc) is 2.29. The molecule has 1 fully saturated rings. The van der Waals surface area contributed by atoms with Crippen LogP contribution < -0.4 is 5.73 Å². The van der Waals surface area contributed by atoms with Crippen LogP contribution in [0, 0.1) is 5.92 Å². The van der Waals surface area contributed by atoms with Gasteiger partial charge in [0.05, 0.1) is 5.92 Å². The minimum atomic E-state index is -0.00256. The summed E-state index contributed by atoms with van der Waals surface area (Å²) in [6.45, 7) is 4.62. The molecule has 4 heteroatoms. The number of piperidine rings is 1. The maximum absolute atomic E-state index is 12.1. The highest BCUT2D eigenvalue weighted by atomic mass is 16.2. The number of hydrogen-bond donors (Lipinski definition) is 1. The molecule has 2 unspecified atom stereocenters. The summed E-state index contributed by atoms with van der Waals surface area (Å²) in [5, 5.41) is 0. The van der Waals surface area contributed by atoms with Gasteiger partial charge in [-0.1, -0.05) is 6.92 Å². The van der Waals surface area contributed by atoms with Crippen LogP contribution in [0.4, 0.5) is 0 Å². The Morgan fingerprint density at radius 1 is 1.62 bits per heavy atom. The molecule has 0 aromatic rings. The molecule has 2 N–H and O–H groups in total. The Morgan fingerprint density at radius 2 is 2.31 bits per heavy atom. The van der Waals surface area contributed by atoms with E-state index in [9.17, 15) is 4.79 Å². The van der Waals surface area contributed by atoms with Crippen LogP contribution in [0.25, 0.3) is 0 Å². The molecule has 0 aliphatic carbocycles. The van der Waals surface area contributed by atoms with Gasteiger partial charge in [0.15, 0.2) is 0 Å². The van der Waals surface area contributed by atoms with Crippen LogP contribution in [0.2, 0.25) is 0 Å². The van der Waals surface area contributed by atoms with Crippen molar-refractivity contribution in [2.24, 2.45) is 11.7 Å². The second-order valence-electron chi connectivity index (χ2n) is 4.85. The summed E-state index contributed by atoms with van der Waals surface area (Å²) in [4.78, 5) is 16.3. The molecular formula is C12H25N3O. The lowest BCUT2D eigenvalue weighted by atomic mass is 10.0. The van der Waals surface area contributed by atoms with E-state index in [0.717, 1.165) is 25.9 Å². The zero-order chi connectivity index (χ0) is 12.1. The number of likely N-dealkylation sites (tertiary alicyclic amines) is 1. The van der Waals surface area contributed by atoms with Crippen molar-refractivity contribution in [3.63, 3.8) is 0 Å². The minimum Gasteiger partial charge on any atom is -0.341 e. The van der Waals surface area contributed by atoms with Gasteiger partial charge in [-0.25, -0.2) is 0 Å². The number of likely N-dealkylation sites (N-methyl/N-ethyl adjacent to an activating group) is 2. The first kappa shape index (κ1) is 13.5.